The van der Waals surface area contributed by atoms with Crippen molar-refractivity contribution in [3.05, 3.63) is 35.5 Å². The van der Waals surface area contributed by atoms with Gasteiger partial charge in [-0.1, -0.05) is 25.4 Å². The molecular weight excluding hydrogens is 457 g/mol. The molecule has 1 fully saturated rings. The number of alkyl halides is 2. The van der Waals surface area contributed by atoms with Gasteiger partial charge in [-0.05, 0) is 25.3 Å². The predicted molar refractivity (Wildman–Crippen MR) is 120 cm³/mol. The molecule has 11 heteroatoms. The Morgan fingerprint density at radius 1 is 1.30 bits per heavy atom. The molecule has 2 atom stereocenters. The van der Waals surface area contributed by atoms with Gasteiger partial charge < -0.3 is 15.2 Å². The van der Waals surface area contributed by atoms with E-state index in [4.69, 9.17) is 11.6 Å². The maximum Gasteiger partial charge on any atom is 0.264 e. The van der Waals surface area contributed by atoms with E-state index in [2.05, 4.69) is 25.3 Å². The summed E-state index contributed by atoms with van der Waals surface area (Å²) in [6.07, 6.45) is 5.50. The normalized spacial score (nSPS) is 18.8. The number of rotatable bonds is 7. The van der Waals surface area contributed by atoms with Crippen LogP contribution in [0.25, 0.3) is 22.4 Å². The Morgan fingerprint density at radius 3 is 2.82 bits per heavy atom. The number of nitrogens with one attached hydrogen (secondary N) is 2. The maximum atomic E-state index is 15.0. The Labute approximate surface area is 193 Å². The van der Waals surface area contributed by atoms with E-state index in [1.807, 2.05) is 6.92 Å². The molecule has 33 heavy (non-hydrogen) atoms. The van der Waals surface area contributed by atoms with Crippen LogP contribution >= 0.6 is 11.6 Å². The number of H-pyrrole nitrogens is 1. The fourth-order valence-electron chi connectivity index (χ4n) is 4.15. The number of hydrogen-bond donors (Lipinski definition) is 2. The molecule has 2 N–H and O–H groups in total. The molecule has 176 valence electrons. The average molecular weight is 481 g/mol. The van der Waals surface area contributed by atoms with E-state index in [1.54, 1.807) is 17.2 Å². The zero-order chi connectivity index (χ0) is 23.8. The van der Waals surface area contributed by atoms with E-state index in [9.17, 15) is 18.0 Å². The van der Waals surface area contributed by atoms with Crippen LogP contribution in [0, 0.1) is 5.82 Å². The number of aromatic amines is 1. The van der Waals surface area contributed by atoms with Gasteiger partial charge >= 0.3 is 0 Å². The minimum atomic E-state index is -3.00. The van der Waals surface area contributed by atoms with Crippen LogP contribution in [0.4, 0.5) is 19.0 Å². The number of aromatic nitrogens is 4. The average Bonchev–Trinajstić information content (AvgIpc) is 3.42. The molecule has 0 aliphatic carbocycles. The van der Waals surface area contributed by atoms with Crippen molar-refractivity contribution in [2.75, 3.05) is 11.4 Å². The summed E-state index contributed by atoms with van der Waals surface area (Å²) in [5.74, 6) is -4.05. The van der Waals surface area contributed by atoms with Gasteiger partial charge in [-0.25, -0.2) is 28.1 Å². The van der Waals surface area contributed by atoms with Crippen LogP contribution in [0.2, 0.25) is 5.02 Å². The second-order valence-electron chi connectivity index (χ2n) is 8.11. The number of pyridine rings is 1. The minimum Gasteiger partial charge on any atom is -0.348 e. The van der Waals surface area contributed by atoms with Crippen LogP contribution in [0.5, 0.6) is 0 Å². The van der Waals surface area contributed by atoms with Crippen LogP contribution in [0.3, 0.4) is 0 Å². The second kappa shape index (κ2) is 9.17. The lowest BCUT2D eigenvalue weighted by Gasteiger charge is -2.31. The van der Waals surface area contributed by atoms with Crippen molar-refractivity contribution in [2.24, 2.45) is 0 Å². The number of carbonyl (C=O) groups excluding carboxylic acids is 1. The fourth-order valence-corrected chi connectivity index (χ4v) is 4.31. The van der Waals surface area contributed by atoms with Crippen LogP contribution in [0.15, 0.2) is 24.7 Å². The first kappa shape index (κ1) is 23.3. The lowest BCUT2D eigenvalue weighted by Crippen LogP contribution is -2.49. The first-order chi connectivity index (χ1) is 15.7. The molecule has 0 bridgehead atoms. The summed E-state index contributed by atoms with van der Waals surface area (Å²) in [5.41, 5.74) is 1.16. The van der Waals surface area contributed by atoms with Gasteiger partial charge in [0.15, 0.2) is 17.5 Å². The molecule has 4 rings (SSSR count). The lowest BCUT2D eigenvalue weighted by atomic mass is 10.1. The summed E-state index contributed by atoms with van der Waals surface area (Å²) in [4.78, 5) is 30.2. The summed E-state index contributed by atoms with van der Waals surface area (Å²) < 4.78 is 42.3. The minimum absolute atomic E-state index is 0.0314. The van der Waals surface area contributed by atoms with E-state index < -0.39 is 30.2 Å². The molecule has 1 aliphatic rings. The number of anilines is 1. The van der Waals surface area contributed by atoms with Crippen LogP contribution in [0.1, 0.15) is 39.5 Å². The molecule has 0 unspecified atom stereocenters. The van der Waals surface area contributed by atoms with Crippen molar-refractivity contribution in [1.29, 1.82) is 0 Å². The fraction of sp³-hybridized carbons (Fsp3) is 0.455. The quantitative estimate of drug-likeness (QED) is 0.511. The lowest BCUT2D eigenvalue weighted by molar-refractivity contribution is -0.124. The van der Waals surface area contributed by atoms with Gasteiger partial charge in [0.05, 0.1) is 17.8 Å². The molecule has 3 aromatic heterocycles. The number of halogens is 4. The summed E-state index contributed by atoms with van der Waals surface area (Å²) >= 11 is 6.08. The Balaban J connectivity index is 1.69. The molecule has 0 spiro atoms. The highest BCUT2D eigenvalue weighted by atomic mass is 35.5. The standard InChI is InChI=1S/C22H24ClF3N6O/c1-3-13-5-6-17(21(33)30-11-22(25,26)4-2)32(13)20-16(24)10-29-19(31-20)15-9-28-18-14(15)7-12(23)8-27-18/h7-10,13,17H,3-6,11H2,1-2H3,(H,27,28)(H,30,33)/t13-,17+/m0/s1. The van der Waals surface area contributed by atoms with Gasteiger partial charge in [-0.2, -0.15) is 0 Å². The Morgan fingerprint density at radius 2 is 2.09 bits per heavy atom. The number of fused-ring (bicyclic) bond motifs is 1. The third kappa shape index (κ3) is 4.62. The highest BCUT2D eigenvalue weighted by Crippen LogP contribution is 2.35. The van der Waals surface area contributed by atoms with Gasteiger partial charge in [0.2, 0.25) is 5.91 Å². The Hall–Kier alpha value is -2.88. The molecule has 1 aliphatic heterocycles. The number of hydrogen-bond acceptors (Lipinski definition) is 5. The van der Waals surface area contributed by atoms with Crippen LogP contribution in [-0.2, 0) is 4.79 Å². The monoisotopic (exact) mass is 480 g/mol. The molecule has 1 amide bonds. The highest BCUT2D eigenvalue weighted by molar-refractivity contribution is 6.31. The molecule has 4 heterocycles. The number of carbonyl (C=O) groups is 1. The van der Waals surface area contributed by atoms with Crippen molar-refractivity contribution in [1.82, 2.24) is 25.3 Å². The van der Waals surface area contributed by atoms with Gasteiger partial charge in [-0.3, -0.25) is 4.79 Å². The van der Waals surface area contributed by atoms with Gasteiger partial charge in [-0.15, -0.1) is 0 Å². The maximum absolute atomic E-state index is 15.0. The van der Waals surface area contributed by atoms with Crippen molar-refractivity contribution >= 4 is 34.4 Å². The molecular formula is C22H24ClF3N6O. The summed E-state index contributed by atoms with van der Waals surface area (Å²) in [6.45, 7) is 2.52. The summed E-state index contributed by atoms with van der Waals surface area (Å²) in [7, 11) is 0. The van der Waals surface area contributed by atoms with Crippen molar-refractivity contribution in [3.63, 3.8) is 0 Å². The summed E-state index contributed by atoms with van der Waals surface area (Å²) in [5, 5.41) is 3.43. The molecule has 7 nitrogen and oxygen atoms in total. The largest absolute Gasteiger partial charge is 0.348 e. The van der Waals surface area contributed by atoms with E-state index in [-0.39, 0.29) is 24.1 Å². The van der Waals surface area contributed by atoms with E-state index in [0.717, 1.165) is 6.20 Å². The van der Waals surface area contributed by atoms with Gasteiger partial charge in [0.1, 0.15) is 11.7 Å². The second-order valence-corrected chi connectivity index (χ2v) is 8.54. The zero-order valence-corrected chi connectivity index (χ0v) is 19.0. The topological polar surface area (TPSA) is 86.8 Å². The first-order valence-electron chi connectivity index (χ1n) is 10.8. The van der Waals surface area contributed by atoms with Crippen molar-refractivity contribution in [3.8, 4) is 11.4 Å². The van der Waals surface area contributed by atoms with Crippen LogP contribution < -0.4 is 10.2 Å². The Kier molecular flexibility index (Phi) is 6.47. The molecule has 1 saturated heterocycles. The third-order valence-electron chi connectivity index (χ3n) is 6.02. The zero-order valence-electron chi connectivity index (χ0n) is 18.2. The predicted octanol–water partition coefficient (Wildman–Crippen LogP) is 4.72. The number of nitrogens with zero attached hydrogens (tertiary/aromatic N) is 4. The van der Waals surface area contributed by atoms with Crippen LogP contribution in [-0.4, -0.2) is 50.4 Å². The Bertz CT molecular complexity index is 1170. The van der Waals surface area contributed by atoms with E-state index in [0.29, 0.717) is 40.9 Å². The molecule has 0 aromatic carbocycles. The summed E-state index contributed by atoms with van der Waals surface area (Å²) in [6, 6.07) is 0.736. The number of amides is 1. The third-order valence-corrected chi connectivity index (χ3v) is 6.23. The molecule has 0 radical (unpaired) electrons. The molecule has 0 saturated carbocycles. The SMILES string of the molecule is CC[C@H]1CC[C@H](C(=O)NCC(F)(F)CC)N1c1nc(-c2c[nH]c3ncc(Cl)cc23)ncc1F. The van der Waals surface area contributed by atoms with Crippen molar-refractivity contribution < 1.29 is 18.0 Å². The van der Waals surface area contributed by atoms with Crippen molar-refractivity contribution in [2.45, 2.75) is 57.5 Å². The van der Waals surface area contributed by atoms with E-state index in [1.165, 1.54) is 13.1 Å². The first-order valence-corrected chi connectivity index (χ1v) is 11.2. The van der Waals surface area contributed by atoms with Gasteiger partial charge in [0, 0.05) is 35.8 Å². The highest BCUT2D eigenvalue weighted by Gasteiger charge is 2.40. The van der Waals surface area contributed by atoms with E-state index >= 15 is 0 Å². The van der Waals surface area contributed by atoms with Gasteiger partial charge in [0.25, 0.3) is 5.92 Å². The smallest absolute Gasteiger partial charge is 0.264 e. The molecule has 3 aromatic rings.